The zero-order valence-corrected chi connectivity index (χ0v) is 14.5. The fourth-order valence-corrected chi connectivity index (χ4v) is 4.01. The summed E-state index contributed by atoms with van der Waals surface area (Å²) in [6, 6.07) is 19.5. The van der Waals surface area contributed by atoms with E-state index in [0.717, 1.165) is 0 Å². The van der Waals surface area contributed by atoms with E-state index in [1.165, 1.54) is 6.20 Å². The molecule has 116 valence electrons. The minimum Gasteiger partial charge on any atom is -0.413 e. The van der Waals surface area contributed by atoms with Gasteiger partial charge >= 0.3 is 7.60 Å². The van der Waals surface area contributed by atoms with Gasteiger partial charge in [-0.25, -0.2) is 4.57 Å². The van der Waals surface area contributed by atoms with Crippen LogP contribution in [0.15, 0.2) is 83.6 Å². The van der Waals surface area contributed by atoms with Crippen LogP contribution in [0.3, 0.4) is 0 Å². The fraction of sp³-hybridized carbons (Fsp3) is 0. The van der Waals surface area contributed by atoms with Crippen LogP contribution in [0.1, 0.15) is 0 Å². The van der Waals surface area contributed by atoms with Crippen molar-refractivity contribution in [2.75, 3.05) is 0 Å². The molecule has 0 atom stereocenters. The molecule has 0 aliphatic heterocycles. The van der Waals surface area contributed by atoms with Crippen LogP contribution in [0.5, 0.6) is 11.5 Å². The van der Waals surface area contributed by atoms with Gasteiger partial charge in [0.25, 0.3) is 0 Å². The molecule has 0 radical (unpaired) electrons. The van der Waals surface area contributed by atoms with Crippen molar-refractivity contribution in [1.29, 1.82) is 0 Å². The third-order valence-electron chi connectivity index (χ3n) is 2.94. The Morgan fingerprint density at radius 2 is 1.35 bits per heavy atom. The van der Waals surface area contributed by atoms with Crippen LogP contribution in [0, 0.1) is 0 Å². The van der Waals surface area contributed by atoms with Crippen LogP contribution in [0.25, 0.3) is 0 Å². The number of aromatic nitrogens is 1. The van der Waals surface area contributed by atoms with Crippen molar-refractivity contribution in [3.8, 4) is 11.5 Å². The summed E-state index contributed by atoms with van der Waals surface area (Å²) in [5.41, 5.74) is 0. The van der Waals surface area contributed by atoms with Gasteiger partial charge in [-0.05, 0) is 46.3 Å². The van der Waals surface area contributed by atoms with Gasteiger partial charge in [0, 0.05) is 16.9 Å². The maximum absolute atomic E-state index is 13.4. The second-order valence-electron chi connectivity index (χ2n) is 4.67. The normalized spacial score (nSPS) is 11.0. The van der Waals surface area contributed by atoms with Crippen molar-refractivity contribution in [2.24, 2.45) is 0 Å². The summed E-state index contributed by atoms with van der Waals surface area (Å²) >= 11 is 3.33. The summed E-state index contributed by atoms with van der Waals surface area (Å²) in [4.78, 5) is 4.05. The smallest absolute Gasteiger partial charge is 0.413 e. The van der Waals surface area contributed by atoms with E-state index in [9.17, 15) is 4.57 Å². The first-order valence-corrected chi connectivity index (χ1v) is 9.20. The molecule has 23 heavy (non-hydrogen) atoms. The molecule has 0 unspecified atom stereocenters. The summed E-state index contributed by atoms with van der Waals surface area (Å²) in [6.45, 7) is 0. The van der Waals surface area contributed by atoms with E-state index in [1.807, 2.05) is 12.1 Å². The van der Waals surface area contributed by atoms with E-state index in [1.54, 1.807) is 60.8 Å². The van der Waals surface area contributed by atoms with E-state index in [-0.39, 0.29) is 0 Å². The number of pyridine rings is 1. The molecule has 6 heteroatoms. The minimum atomic E-state index is -3.63. The highest BCUT2D eigenvalue weighted by molar-refractivity contribution is 9.10. The first-order chi connectivity index (χ1) is 11.2. The predicted molar refractivity (Wildman–Crippen MR) is 93.3 cm³/mol. The minimum absolute atomic E-state index is 0.375. The summed E-state index contributed by atoms with van der Waals surface area (Å²) in [5, 5.41) is 0.375. The van der Waals surface area contributed by atoms with Crippen molar-refractivity contribution in [1.82, 2.24) is 4.98 Å². The Balaban J connectivity index is 2.00. The topological polar surface area (TPSA) is 48.4 Å². The molecule has 0 saturated carbocycles. The molecule has 0 N–H and O–H groups in total. The second-order valence-corrected chi connectivity index (χ2v) is 7.46. The number of hydrogen-bond donors (Lipinski definition) is 0. The van der Waals surface area contributed by atoms with Crippen LogP contribution in [0.2, 0.25) is 0 Å². The van der Waals surface area contributed by atoms with E-state index in [0.29, 0.717) is 21.3 Å². The Morgan fingerprint density at radius 1 is 0.826 bits per heavy atom. The zero-order chi connectivity index (χ0) is 16.1. The quantitative estimate of drug-likeness (QED) is 0.586. The Bertz CT molecular complexity index is 782. The zero-order valence-electron chi connectivity index (χ0n) is 12.0. The van der Waals surface area contributed by atoms with Crippen molar-refractivity contribution < 1.29 is 13.6 Å². The van der Waals surface area contributed by atoms with Crippen molar-refractivity contribution in [3.63, 3.8) is 0 Å². The lowest BCUT2D eigenvalue weighted by Crippen LogP contribution is -2.15. The fourth-order valence-electron chi connectivity index (χ4n) is 1.91. The third kappa shape index (κ3) is 4.01. The summed E-state index contributed by atoms with van der Waals surface area (Å²) in [7, 11) is -3.63. The first kappa shape index (κ1) is 15.8. The molecular weight excluding hydrogens is 377 g/mol. The van der Waals surface area contributed by atoms with Crippen LogP contribution in [0.4, 0.5) is 0 Å². The molecule has 1 heterocycles. The van der Waals surface area contributed by atoms with Crippen molar-refractivity contribution in [3.05, 3.63) is 83.6 Å². The van der Waals surface area contributed by atoms with Gasteiger partial charge in [-0.3, -0.25) is 4.98 Å². The van der Waals surface area contributed by atoms with Crippen LogP contribution in [-0.2, 0) is 4.57 Å². The van der Waals surface area contributed by atoms with Gasteiger partial charge in [-0.2, -0.15) is 0 Å². The molecule has 1 aromatic heterocycles. The van der Waals surface area contributed by atoms with E-state index < -0.39 is 7.60 Å². The van der Waals surface area contributed by atoms with Crippen molar-refractivity contribution in [2.45, 2.75) is 0 Å². The largest absolute Gasteiger partial charge is 0.464 e. The predicted octanol–water partition coefficient (Wildman–Crippen LogP) is 4.82. The standard InChI is InChI=1S/C17H13BrNO3P/c18-14-11-17(13-19-12-14)23(20,21-15-7-3-1-4-8-15)22-16-9-5-2-6-10-16/h1-13H. The van der Waals surface area contributed by atoms with Gasteiger partial charge < -0.3 is 9.05 Å². The number of nitrogens with zero attached hydrogens (tertiary/aromatic N) is 1. The molecule has 2 aromatic carbocycles. The van der Waals surface area contributed by atoms with E-state index in [2.05, 4.69) is 20.9 Å². The number of halogens is 1. The van der Waals surface area contributed by atoms with E-state index in [4.69, 9.17) is 9.05 Å². The Kier molecular flexibility index (Phi) is 4.79. The van der Waals surface area contributed by atoms with Gasteiger partial charge in [0.15, 0.2) is 0 Å². The highest BCUT2D eigenvalue weighted by Crippen LogP contribution is 2.47. The van der Waals surface area contributed by atoms with E-state index >= 15 is 0 Å². The van der Waals surface area contributed by atoms with Crippen LogP contribution < -0.4 is 14.4 Å². The summed E-state index contributed by atoms with van der Waals surface area (Å²) < 4.78 is 25.5. The molecule has 3 rings (SSSR count). The molecule has 4 nitrogen and oxygen atoms in total. The number of rotatable bonds is 5. The highest BCUT2D eigenvalue weighted by atomic mass is 79.9. The molecule has 0 aliphatic carbocycles. The summed E-state index contributed by atoms with van der Waals surface area (Å²) in [5.74, 6) is 0.929. The SMILES string of the molecule is O=P(Oc1ccccc1)(Oc1ccccc1)c1cncc(Br)c1. The third-order valence-corrected chi connectivity index (χ3v) is 5.16. The molecular formula is C17H13BrNO3P. The number of benzene rings is 2. The van der Waals surface area contributed by atoms with Gasteiger partial charge in [-0.15, -0.1) is 0 Å². The lowest BCUT2D eigenvalue weighted by Gasteiger charge is -2.20. The van der Waals surface area contributed by atoms with Crippen LogP contribution >= 0.6 is 23.5 Å². The van der Waals surface area contributed by atoms with Gasteiger partial charge in [0.1, 0.15) is 16.8 Å². The Morgan fingerprint density at radius 3 is 1.83 bits per heavy atom. The van der Waals surface area contributed by atoms with Gasteiger partial charge in [0.05, 0.1) is 0 Å². The van der Waals surface area contributed by atoms with Crippen LogP contribution in [-0.4, -0.2) is 4.98 Å². The summed E-state index contributed by atoms with van der Waals surface area (Å²) in [6.07, 6.45) is 3.09. The molecule has 0 amide bonds. The monoisotopic (exact) mass is 389 g/mol. The molecule has 0 spiro atoms. The molecule has 0 fully saturated rings. The van der Waals surface area contributed by atoms with Crippen molar-refractivity contribution >= 4 is 28.8 Å². The van der Waals surface area contributed by atoms with Gasteiger partial charge in [-0.1, -0.05) is 36.4 Å². The number of para-hydroxylation sites is 2. The Labute approximate surface area is 142 Å². The molecule has 0 aliphatic rings. The molecule has 3 aromatic rings. The maximum atomic E-state index is 13.4. The second kappa shape index (κ2) is 6.99. The number of hydrogen-bond acceptors (Lipinski definition) is 4. The lowest BCUT2D eigenvalue weighted by atomic mass is 10.3. The average molecular weight is 390 g/mol. The highest BCUT2D eigenvalue weighted by Gasteiger charge is 2.32. The Hall–Kier alpha value is -2.10. The average Bonchev–Trinajstić information content (AvgIpc) is 2.56. The van der Waals surface area contributed by atoms with Gasteiger partial charge in [0.2, 0.25) is 0 Å². The molecule has 0 bridgehead atoms. The molecule has 0 saturated heterocycles. The first-order valence-electron chi connectivity index (χ1n) is 6.86. The lowest BCUT2D eigenvalue weighted by molar-refractivity contribution is 0.399. The maximum Gasteiger partial charge on any atom is 0.464 e.